The highest BCUT2D eigenvalue weighted by atomic mass is 32.2. The minimum absolute atomic E-state index is 0.104. The Hall–Kier alpha value is -1.84. The highest BCUT2D eigenvalue weighted by Crippen LogP contribution is 2.40. The number of thiazole rings is 1. The number of allylic oxidation sites excluding steroid dienone is 3. The Morgan fingerprint density at radius 2 is 1.85 bits per heavy atom. The molecule has 27 heavy (non-hydrogen) atoms. The van der Waals surface area contributed by atoms with Crippen LogP contribution in [0.5, 0.6) is 0 Å². The molecular weight excluding hydrogens is 400 g/mol. The van der Waals surface area contributed by atoms with Crippen LogP contribution in [-0.2, 0) is 11.3 Å². The van der Waals surface area contributed by atoms with Gasteiger partial charge in [-0.1, -0.05) is 17.8 Å². The molecule has 1 aromatic heterocycles. The van der Waals surface area contributed by atoms with Crippen LogP contribution in [-0.4, -0.2) is 50.9 Å². The number of hydrogen-bond donors (Lipinski definition) is 0. The highest BCUT2D eigenvalue weighted by molar-refractivity contribution is 8.11. The summed E-state index contributed by atoms with van der Waals surface area (Å²) in [5.74, 6) is -0.199. The van der Waals surface area contributed by atoms with E-state index in [2.05, 4.69) is 32.3 Å². The van der Waals surface area contributed by atoms with Crippen molar-refractivity contribution in [2.75, 3.05) is 20.6 Å². The molecule has 144 valence electrons. The molecule has 0 unspecified atom stereocenters. The fraction of sp³-hybridized carbons (Fsp3) is 0.389. The van der Waals surface area contributed by atoms with E-state index in [1.165, 1.54) is 21.1 Å². The SMILES string of the molecule is C=CCn1c(=C2C(=O)N(C)C(=S)N2C)sc(=C2SC(C)=C(C)N2CC)c1=O. The molecule has 0 radical (unpaired) electrons. The quantitative estimate of drug-likeness (QED) is 0.540. The molecule has 0 aliphatic carbocycles. The summed E-state index contributed by atoms with van der Waals surface area (Å²) in [5.41, 5.74) is 1.49. The Bertz CT molecular complexity index is 1060. The zero-order valence-corrected chi connectivity index (χ0v) is 18.5. The van der Waals surface area contributed by atoms with Crippen molar-refractivity contribution in [2.24, 2.45) is 0 Å². The maximum atomic E-state index is 13.2. The Balaban J connectivity index is 2.40. The summed E-state index contributed by atoms with van der Waals surface area (Å²) in [6.45, 7) is 11.1. The monoisotopic (exact) mass is 422 g/mol. The molecule has 0 N–H and O–H groups in total. The van der Waals surface area contributed by atoms with Crippen LogP contribution in [0.2, 0.25) is 0 Å². The third kappa shape index (κ3) is 2.97. The fourth-order valence-electron chi connectivity index (χ4n) is 3.13. The number of likely N-dealkylation sites (N-methyl/N-ethyl adjacent to an activating group) is 2. The predicted octanol–water partition coefficient (Wildman–Crippen LogP) is 1.28. The lowest BCUT2D eigenvalue weighted by atomic mass is 10.4. The van der Waals surface area contributed by atoms with Crippen LogP contribution in [0.1, 0.15) is 20.8 Å². The van der Waals surface area contributed by atoms with Crippen molar-refractivity contribution in [1.29, 1.82) is 0 Å². The number of thioether (sulfide) groups is 1. The van der Waals surface area contributed by atoms with Gasteiger partial charge in [-0.15, -0.1) is 17.9 Å². The molecule has 1 fully saturated rings. The van der Waals surface area contributed by atoms with Gasteiger partial charge in [0.05, 0.1) is 0 Å². The van der Waals surface area contributed by atoms with Gasteiger partial charge in [0.2, 0.25) is 0 Å². The molecule has 0 aromatic carbocycles. The van der Waals surface area contributed by atoms with Gasteiger partial charge in [-0.05, 0) is 33.0 Å². The smallest absolute Gasteiger partial charge is 0.279 e. The average Bonchev–Trinajstić information content (AvgIpc) is 3.17. The van der Waals surface area contributed by atoms with Gasteiger partial charge in [-0.25, -0.2) is 0 Å². The molecule has 3 heterocycles. The summed E-state index contributed by atoms with van der Waals surface area (Å²) in [5, 5.41) is 1.35. The van der Waals surface area contributed by atoms with E-state index in [9.17, 15) is 9.59 Å². The first-order valence-electron chi connectivity index (χ1n) is 8.52. The molecule has 3 rings (SSSR count). The fourth-order valence-corrected chi connectivity index (χ4v) is 5.83. The number of amides is 1. The van der Waals surface area contributed by atoms with Crippen molar-refractivity contribution in [3.63, 3.8) is 0 Å². The van der Waals surface area contributed by atoms with E-state index < -0.39 is 0 Å². The molecule has 1 amide bonds. The Labute approximate surface area is 171 Å². The van der Waals surface area contributed by atoms with Crippen molar-refractivity contribution in [3.05, 3.63) is 42.8 Å². The van der Waals surface area contributed by atoms with Gasteiger partial charge >= 0.3 is 0 Å². The maximum absolute atomic E-state index is 13.2. The van der Waals surface area contributed by atoms with E-state index in [1.807, 2.05) is 0 Å². The third-order valence-corrected chi connectivity index (χ3v) is 7.81. The summed E-state index contributed by atoms with van der Waals surface area (Å²) >= 11 is 8.28. The topological polar surface area (TPSA) is 48.8 Å². The first kappa shape index (κ1) is 19.9. The Kier molecular flexibility index (Phi) is 5.38. The number of carbonyl (C=O) groups is 1. The van der Waals surface area contributed by atoms with Crippen LogP contribution in [0.4, 0.5) is 0 Å². The largest absolute Gasteiger partial charge is 0.338 e. The lowest BCUT2D eigenvalue weighted by Crippen LogP contribution is -2.35. The first-order valence-corrected chi connectivity index (χ1v) is 10.6. The number of hydrogen-bond acceptors (Lipinski definition) is 6. The van der Waals surface area contributed by atoms with E-state index in [1.54, 1.807) is 41.4 Å². The average molecular weight is 423 g/mol. The molecule has 0 saturated carbocycles. The lowest BCUT2D eigenvalue weighted by molar-refractivity contribution is -0.120. The summed E-state index contributed by atoms with van der Waals surface area (Å²) in [4.78, 5) is 32.4. The summed E-state index contributed by atoms with van der Waals surface area (Å²) in [6, 6.07) is 0. The van der Waals surface area contributed by atoms with Gasteiger partial charge in [-0.3, -0.25) is 19.1 Å². The second-order valence-electron chi connectivity index (χ2n) is 6.29. The van der Waals surface area contributed by atoms with E-state index >= 15 is 0 Å². The van der Waals surface area contributed by atoms with Gasteiger partial charge in [0.15, 0.2) is 5.11 Å². The van der Waals surface area contributed by atoms with Crippen molar-refractivity contribution >= 4 is 57.1 Å². The lowest BCUT2D eigenvalue weighted by Gasteiger charge is -2.17. The second-order valence-corrected chi connectivity index (χ2v) is 8.86. The van der Waals surface area contributed by atoms with Gasteiger partial charge in [0.25, 0.3) is 11.5 Å². The van der Waals surface area contributed by atoms with Gasteiger partial charge in [-0.2, -0.15) is 0 Å². The van der Waals surface area contributed by atoms with Crippen LogP contribution < -0.4 is 14.8 Å². The molecule has 1 saturated heterocycles. The molecule has 6 nitrogen and oxygen atoms in total. The van der Waals surface area contributed by atoms with Crippen molar-refractivity contribution in [2.45, 2.75) is 27.3 Å². The molecule has 2 aliphatic rings. The Morgan fingerprint density at radius 3 is 2.37 bits per heavy atom. The zero-order valence-electron chi connectivity index (χ0n) is 16.0. The minimum atomic E-state index is -0.199. The Morgan fingerprint density at radius 1 is 1.19 bits per heavy atom. The van der Waals surface area contributed by atoms with Gasteiger partial charge < -0.3 is 9.80 Å². The standard InChI is InChI=1S/C18H22N4O2S3/c1-7-9-22-15(24)13(17-21(8-2)10(3)11(4)26-17)27-16(22)12-14(23)20(6)18(25)19(12)5/h7H,1,8-9H2,2-6H3. The van der Waals surface area contributed by atoms with Crippen molar-refractivity contribution in [1.82, 2.24) is 19.3 Å². The third-order valence-electron chi connectivity index (χ3n) is 4.73. The maximum Gasteiger partial charge on any atom is 0.279 e. The van der Waals surface area contributed by atoms with Crippen LogP contribution >= 0.6 is 35.3 Å². The van der Waals surface area contributed by atoms with E-state index in [0.29, 0.717) is 26.5 Å². The normalized spacial score (nSPS) is 21.9. The molecule has 0 atom stereocenters. The summed E-state index contributed by atoms with van der Waals surface area (Å²) in [6.07, 6.45) is 1.67. The first-order chi connectivity index (χ1) is 12.7. The van der Waals surface area contributed by atoms with E-state index in [4.69, 9.17) is 12.2 Å². The van der Waals surface area contributed by atoms with Crippen LogP contribution in [0.25, 0.3) is 10.7 Å². The molecule has 9 heteroatoms. The number of nitrogens with zero attached hydrogens (tertiary/aromatic N) is 4. The number of carbonyl (C=O) groups excluding carboxylic acids is 1. The molecule has 0 bridgehead atoms. The number of aromatic nitrogens is 1. The zero-order chi connectivity index (χ0) is 20.0. The van der Waals surface area contributed by atoms with Crippen molar-refractivity contribution < 1.29 is 4.79 Å². The van der Waals surface area contributed by atoms with Gasteiger partial charge in [0, 0.05) is 37.8 Å². The van der Waals surface area contributed by atoms with Gasteiger partial charge in [0.1, 0.15) is 19.9 Å². The van der Waals surface area contributed by atoms with E-state index in [0.717, 1.165) is 17.3 Å². The number of rotatable bonds is 3. The second kappa shape index (κ2) is 7.29. The summed E-state index contributed by atoms with van der Waals surface area (Å²) in [7, 11) is 3.41. The molecule has 1 aromatic rings. The van der Waals surface area contributed by atoms with Crippen LogP contribution in [0.15, 0.2) is 28.1 Å². The minimum Gasteiger partial charge on any atom is -0.338 e. The number of thiocarbonyl (C=S) groups is 1. The van der Waals surface area contributed by atoms with Crippen molar-refractivity contribution in [3.8, 4) is 0 Å². The molecule has 0 spiro atoms. The highest BCUT2D eigenvalue weighted by Gasteiger charge is 2.35. The van der Waals surface area contributed by atoms with E-state index in [-0.39, 0.29) is 11.5 Å². The van der Waals surface area contributed by atoms with Crippen LogP contribution in [0.3, 0.4) is 0 Å². The predicted molar refractivity (Wildman–Crippen MR) is 116 cm³/mol. The molecular formula is C18H22N4O2S3. The molecule has 2 aliphatic heterocycles. The van der Waals surface area contributed by atoms with Crippen LogP contribution in [0, 0.1) is 0 Å². The summed E-state index contributed by atoms with van der Waals surface area (Å²) < 4.78 is 2.87.